The lowest BCUT2D eigenvalue weighted by atomic mass is 10.1. The number of hydrogen-bond donors (Lipinski definition) is 1. The van der Waals surface area contributed by atoms with Gasteiger partial charge in [-0.15, -0.1) is 12.4 Å². The van der Waals surface area contributed by atoms with Gasteiger partial charge in [-0.1, -0.05) is 19.1 Å². The van der Waals surface area contributed by atoms with Crippen LogP contribution in [-0.2, 0) is 11.2 Å². The fourth-order valence-electron chi connectivity index (χ4n) is 2.58. The average Bonchev–Trinajstić information content (AvgIpc) is 2.52. The Bertz CT molecular complexity index is 450. The van der Waals surface area contributed by atoms with Gasteiger partial charge in [0.05, 0.1) is 6.61 Å². The molecule has 1 atom stereocenters. The van der Waals surface area contributed by atoms with Crippen molar-refractivity contribution >= 4 is 18.3 Å². The number of amides is 1. The van der Waals surface area contributed by atoms with Crippen LogP contribution in [0.1, 0.15) is 32.3 Å². The highest BCUT2D eigenvalue weighted by atomic mass is 35.5. The largest absolute Gasteiger partial charge is 0.494 e. The smallest absolute Gasteiger partial charge is 0.223 e. The van der Waals surface area contributed by atoms with Crippen LogP contribution < -0.4 is 10.1 Å². The molecule has 1 heterocycles. The Morgan fingerprint density at radius 2 is 2.09 bits per heavy atom. The summed E-state index contributed by atoms with van der Waals surface area (Å²) in [7, 11) is 0. The van der Waals surface area contributed by atoms with Gasteiger partial charge in [-0.05, 0) is 37.5 Å². The van der Waals surface area contributed by atoms with E-state index in [4.69, 9.17) is 4.74 Å². The normalized spacial score (nSPS) is 17.7. The van der Waals surface area contributed by atoms with E-state index in [0.29, 0.717) is 12.5 Å². The Labute approximate surface area is 139 Å². The first-order chi connectivity index (χ1) is 10.2. The Hall–Kier alpha value is -1.26. The van der Waals surface area contributed by atoms with E-state index in [0.717, 1.165) is 44.8 Å². The van der Waals surface area contributed by atoms with E-state index in [1.54, 1.807) is 0 Å². The lowest BCUT2D eigenvalue weighted by Gasteiger charge is -2.34. The van der Waals surface area contributed by atoms with Crippen LogP contribution in [-0.4, -0.2) is 43.1 Å². The quantitative estimate of drug-likeness (QED) is 0.874. The van der Waals surface area contributed by atoms with Crippen molar-refractivity contribution in [1.82, 2.24) is 10.2 Å². The molecule has 0 spiro atoms. The maximum absolute atomic E-state index is 12.3. The van der Waals surface area contributed by atoms with Gasteiger partial charge in [-0.2, -0.15) is 0 Å². The second-order valence-corrected chi connectivity index (χ2v) is 5.63. The molecule has 1 amide bonds. The summed E-state index contributed by atoms with van der Waals surface area (Å²) in [5.74, 6) is 1.16. The minimum atomic E-state index is 0. The van der Waals surface area contributed by atoms with E-state index in [-0.39, 0.29) is 18.3 Å². The van der Waals surface area contributed by atoms with Crippen molar-refractivity contribution in [3.63, 3.8) is 0 Å². The second kappa shape index (κ2) is 9.70. The van der Waals surface area contributed by atoms with Crippen LogP contribution >= 0.6 is 12.4 Å². The zero-order valence-corrected chi connectivity index (χ0v) is 14.3. The molecule has 1 fully saturated rings. The van der Waals surface area contributed by atoms with E-state index in [1.165, 1.54) is 5.56 Å². The molecule has 1 saturated heterocycles. The van der Waals surface area contributed by atoms with Crippen molar-refractivity contribution in [1.29, 1.82) is 0 Å². The van der Waals surface area contributed by atoms with Crippen LogP contribution in [0.5, 0.6) is 5.75 Å². The summed E-state index contributed by atoms with van der Waals surface area (Å²) in [4.78, 5) is 14.3. The third kappa shape index (κ3) is 5.50. The van der Waals surface area contributed by atoms with Crippen LogP contribution in [0, 0.1) is 0 Å². The number of nitrogens with one attached hydrogen (secondary N) is 1. The minimum Gasteiger partial charge on any atom is -0.494 e. The van der Waals surface area contributed by atoms with Crippen molar-refractivity contribution in [3.05, 3.63) is 29.8 Å². The van der Waals surface area contributed by atoms with Gasteiger partial charge in [-0.3, -0.25) is 4.79 Å². The van der Waals surface area contributed by atoms with E-state index < -0.39 is 0 Å². The number of halogens is 1. The first kappa shape index (κ1) is 18.8. The number of piperazine rings is 1. The molecule has 4 nitrogen and oxygen atoms in total. The molecule has 2 rings (SSSR count). The number of carbonyl (C=O) groups is 1. The maximum atomic E-state index is 12.3. The number of rotatable bonds is 6. The standard InChI is InChI=1S/C17H26N2O2.ClH/c1-3-12-21-16-7-4-15(5-8-16)6-9-17(20)19-11-10-18-13-14(19)2;/h4-5,7-8,14,18H,3,6,9-13H2,1-2H3;1H/t14-;/m0./s1. The summed E-state index contributed by atoms with van der Waals surface area (Å²) in [6.45, 7) is 7.57. The molecular formula is C17H27ClN2O2. The topological polar surface area (TPSA) is 41.6 Å². The van der Waals surface area contributed by atoms with E-state index in [2.05, 4.69) is 31.3 Å². The van der Waals surface area contributed by atoms with Crippen LogP contribution in [0.2, 0.25) is 0 Å². The molecule has 1 N–H and O–H groups in total. The third-order valence-corrected chi connectivity index (χ3v) is 3.85. The summed E-state index contributed by atoms with van der Waals surface area (Å²) >= 11 is 0. The van der Waals surface area contributed by atoms with Crippen LogP contribution in [0.3, 0.4) is 0 Å². The highest BCUT2D eigenvalue weighted by Crippen LogP contribution is 2.14. The molecule has 0 aromatic heterocycles. The molecule has 0 saturated carbocycles. The predicted octanol–water partition coefficient (Wildman–Crippen LogP) is 2.65. The van der Waals surface area contributed by atoms with Gasteiger partial charge in [0.2, 0.25) is 5.91 Å². The molecule has 0 radical (unpaired) electrons. The monoisotopic (exact) mass is 326 g/mol. The Kier molecular flexibility index (Phi) is 8.28. The molecule has 1 aromatic carbocycles. The maximum Gasteiger partial charge on any atom is 0.223 e. The van der Waals surface area contributed by atoms with Crippen molar-refractivity contribution in [2.75, 3.05) is 26.2 Å². The number of benzene rings is 1. The second-order valence-electron chi connectivity index (χ2n) is 5.63. The summed E-state index contributed by atoms with van der Waals surface area (Å²) < 4.78 is 5.56. The van der Waals surface area contributed by atoms with E-state index >= 15 is 0 Å². The summed E-state index contributed by atoms with van der Waals surface area (Å²) in [5, 5.41) is 3.31. The molecule has 0 unspecified atom stereocenters. The first-order valence-electron chi connectivity index (χ1n) is 7.92. The van der Waals surface area contributed by atoms with Gasteiger partial charge >= 0.3 is 0 Å². The van der Waals surface area contributed by atoms with Gasteiger partial charge in [0.25, 0.3) is 0 Å². The fourth-order valence-corrected chi connectivity index (χ4v) is 2.58. The minimum absolute atomic E-state index is 0. The summed E-state index contributed by atoms with van der Waals surface area (Å²) in [6, 6.07) is 8.39. The van der Waals surface area contributed by atoms with Crippen LogP contribution in [0.4, 0.5) is 0 Å². The summed E-state index contributed by atoms with van der Waals surface area (Å²) in [5.41, 5.74) is 1.19. The van der Waals surface area contributed by atoms with Crippen molar-refractivity contribution in [3.8, 4) is 5.75 Å². The lowest BCUT2D eigenvalue weighted by Crippen LogP contribution is -2.52. The summed E-state index contributed by atoms with van der Waals surface area (Å²) in [6.07, 6.45) is 2.39. The van der Waals surface area contributed by atoms with Gasteiger partial charge < -0.3 is 15.0 Å². The molecule has 1 aromatic rings. The Morgan fingerprint density at radius 3 is 2.73 bits per heavy atom. The van der Waals surface area contributed by atoms with E-state index in [1.807, 2.05) is 17.0 Å². The third-order valence-electron chi connectivity index (χ3n) is 3.85. The van der Waals surface area contributed by atoms with Crippen LogP contribution in [0.25, 0.3) is 0 Å². The lowest BCUT2D eigenvalue weighted by molar-refractivity contribution is -0.133. The molecular weight excluding hydrogens is 300 g/mol. The Balaban J connectivity index is 0.00000242. The highest BCUT2D eigenvalue weighted by Gasteiger charge is 2.22. The van der Waals surface area contributed by atoms with Gasteiger partial charge in [0.1, 0.15) is 5.75 Å². The molecule has 124 valence electrons. The molecule has 0 bridgehead atoms. The fraction of sp³-hybridized carbons (Fsp3) is 0.588. The SMILES string of the molecule is CCCOc1ccc(CCC(=O)N2CCNC[C@@H]2C)cc1.Cl. The zero-order valence-electron chi connectivity index (χ0n) is 13.5. The number of hydrogen-bond acceptors (Lipinski definition) is 3. The Morgan fingerprint density at radius 1 is 1.36 bits per heavy atom. The molecule has 5 heteroatoms. The highest BCUT2D eigenvalue weighted by molar-refractivity contribution is 5.85. The van der Waals surface area contributed by atoms with E-state index in [9.17, 15) is 4.79 Å². The van der Waals surface area contributed by atoms with Crippen molar-refractivity contribution in [2.24, 2.45) is 0 Å². The first-order valence-corrected chi connectivity index (χ1v) is 7.92. The van der Waals surface area contributed by atoms with Crippen molar-refractivity contribution < 1.29 is 9.53 Å². The molecule has 1 aliphatic rings. The number of nitrogens with zero attached hydrogens (tertiary/aromatic N) is 1. The van der Waals surface area contributed by atoms with Crippen LogP contribution in [0.15, 0.2) is 24.3 Å². The van der Waals surface area contributed by atoms with Gasteiger partial charge in [0.15, 0.2) is 0 Å². The number of ether oxygens (including phenoxy) is 1. The predicted molar refractivity (Wildman–Crippen MR) is 91.8 cm³/mol. The number of aryl methyl sites for hydroxylation is 1. The van der Waals surface area contributed by atoms with Gasteiger partial charge in [0, 0.05) is 32.1 Å². The van der Waals surface area contributed by atoms with Gasteiger partial charge in [-0.25, -0.2) is 0 Å². The number of carbonyl (C=O) groups excluding carboxylic acids is 1. The molecule has 1 aliphatic heterocycles. The zero-order chi connectivity index (χ0) is 15.1. The average molecular weight is 327 g/mol. The molecule has 22 heavy (non-hydrogen) atoms. The van der Waals surface area contributed by atoms with Crippen molar-refractivity contribution in [2.45, 2.75) is 39.2 Å². The molecule has 0 aliphatic carbocycles.